The van der Waals surface area contributed by atoms with Crippen LogP contribution in [0.15, 0.2) is 18.3 Å². The topological polar surface area (TPSA) is 75.2 Å². The summed E-state index contributed by atoms with van der Waals surface area (Å²) in [5, 5.41) is 15.8. The molecule has 0 aliphatic heterocycles. The van der Waals surface area contributed by atoms with Crippen LogP contribution in [0.25, 0.3) is 11.3 Å². The number of thiophene rings is 1. The predicted molar refractivity (Wildman–Crippen MR) is 73.3 cm³/mol. The molecule has 2 aromatic rings. The maximum Gasteiger partial charge on any atom is 0.348 e. The third-order valence-corrected chi connectivity index (χ3v) is 3.81. The Hall–Kier alpha value is -1.66. The number of aromatic nitrogens is 2. The van der Waals surface area contributed by atoms with Gasteiger partial charge < -0.3 is 9.84 Å². The van der Waals surface area contributed by atoms with E-state index in [1.807, 2.05) is 12.1 Å². The third kappa shape index (κ3) is 3.21. The number of esters is 1. The Kier molecular flexibility index (Phi) is 4.70. The maximum absolute atomic E-state index is 11.8. The van der Waals surface area contributed by atoms with E-state index >= 15 is 0 Å². The van der Waals surface area contributed by atoms with Crippen molar-refractivity contribution in [2.75, 3.05) is 13.2 Å². The van der Waals surface area contributed by atoms with E-state index in [9.17, 15) is 4.79 Å². The Morgan fingerprint density at radius 3 is 3.05 bits per heavy atom. The van der Waals surface area contributed by atoms with Crippen molar-refractivity contribution in [3.8, 4) is 11.3 Å². The lowest BCUT2D eigenvalue weighted by Gasteiger charge is -1.99. The van der Waals surface area contributed by atoms with Gasteiger partial charge in [-0.1, -0.05) is 0 Å². The minimum Gasteiger partial charge on any atom is -0.462 e. The molecule has 0 saturated heterocycles. The zero-order valence-corrected chi connectivity index (χ0v) is 11.5. The molecule has 0 radical (unpaired) electrons. The van der Waals surface area contributed by atoms with Crippen molar-refractivity contribution in [1.82, 2.24) is 10.2 Å². The number of aliphatic hydroxyl groups is 1. The van der Waals surface area contributed by atoms with Gasteiger partial charge in [-0.2, -0.15) is 5.10 Å². The van der Waals surface area contributed by atoms with Crippen LogP contribution in [0.4, 0.5) is 0 Å². The summed E-state index contributed by atoms with van der Waals surface area (Å²) < 4.78 is 5.01. The zero-order valence-electron chi connectivity index (χ0n) is 10.7. The second kappa shape index (κ2) is 6.49. The minimum absolute atomic E-state index is 0.134. The average molecular weight is 280 g/mol. The molecule has 0 atom stereocenters. The van der Waals surface area contributed by atoms with Crippen LogP contribution in [-0.2, 0) is 11.2 Å². The van der Waals surface area contributed by atoms with Gasteiger partial charge in [0.05, 0.1) is 12.3 Å². The second-order valence-electron chi connectivity index (χ2n) is 3.97. The largest absolute Gasteiger partial charge is 0.462 e. The fourth-order valence-corrected chi connectivity index (χ4v) is 2.90. The Morgan fingerprint density at radius 1 is 1.58 bits per heavy atom. The smallest absolute Gasteiger partial charge is 0.348 e. The van der Waals surface area contributed by atoms with Gasteiger partial charge >= 0.3 is 5.97 Å². The number of H-pyrrole nitrogens is 1. The highest BCUT2D eigenvalue weighted by Gasteiger charge is 2.17. The Balaban J connectivity index is 2.31. The maximum atomic E-state index is 11.8. The molecule has 19 heavy (non-hydrogen) atoms. The Bertz CT molecular complexity index is 534. The molecule has 2 rings (SSSR count). The van der Waals surface area contributed by atoms with E-state index in [1.165, 1.54) is 11.3 Å². The lowest BCUT2D eigenvalue weighted by Crippen LogP contribution is -2.01. The molecule has 0 aliphatic rings. The SMILES string of the molecule is CCOC(=O)c1cc(-c2ccn[nH]2)c(CCCO)s1. The molecule has 0 spiro atoms. The van der Waals surface area contributed by atoms with Crippen molar-refractivity contribution in [2.45, 2.75) is 19.8 Å². The van der Waals surface area contributed by atoms with Crippen LogP contribution in [0.5, 0.6) is 0 Å². The molecule has 0 aromatic carbocycles. The molecule has 0 bridgehead atoms. The summed E-state index contributed by atoms with van der Waals surface area (Å²) in [5.41, 5.74) is 1.83. The van der Waals surface area contributed by atoms with Crippen LogP contribution in [-0.4, -0.2) is 34.5 Å². The van der Waals surface area contributed by atoms with Crippen molar-refractivity contribution < 1.29 is 14.6 Å². The van der Waals surface area contributed by atoms with Crippen LogP contribution in [0.3, 0.4) is 0 Å². The van der Waals surface area contributed by atoms with Gasteiger partial charge in [0.1, 0.15) is 4.88 Å². The number of aromatic amines is 1. The summed E-state index contributed by atoms with van der Waals surface area (Å²) in [5.74, 6) is -0.302. The highest BCUT2D eigenvalue weighted by Crippen LogP contribution is 2.31. The van der Waals surface area contributed by atoms with Crippen LogP contribution >= 0.6 is 11.3 Å². The number of hydrogen-bond donors (Lipinski definition) is 2. The zero-order chi connectivity index (χ0) is 13.7. The first-order valence-corrected chi connectivity index (χ1v) is 6.98. The summed E-state index contributed by atoms with van der Waals surface area (Å²) in [7, 11) is 0. The van der Waals surface area contributed by atoms with Crippen molar-refractivity contribution in [3.63, 3.8) is 0 Å². The molecule has 5 nitrogen and oxygen atoms in total. The lowest BCUT2D eigenvalue weighted by atomic mass is 10.1. The molecule has 0 unspecified atom stereocenters. The Morgan fingerprint density at radius 2 is 2.42 bits per heavy atom. The molecule has 2 N–H and O–H groups in total. The molecule has 6 heteroatoms. The first-order chi connectivity index (χ1) is 9.26. The number of carbonyl (C=O) groups excluding carboxylic acids is 1. The van der Waals surface area contributed by atoms with Gasteiger partial charge in [0.15, 0.2) is 0 Å². The summed E-state index contributed by atoms with van der Waals surface area (Å²) in [6.45, 7) is 2.28. The summed E-state index contributed by atoms with van der Waals surface area (Å²) in [4.78, 5) is 13.4. The summed E-state index contributed by atoms with van der Waals surface area (Å²) in [6, 6.07) is 3.68. The van der Waals surface area contributed by atoms with Crippen molar-refractivity contribution in [1.29, 1.82) is 0 Å². The van der Waals surface area contributed by atoms with E-state index in [0.29, 0.717) is 17.9 Å². The number of aryl methyl sites for hydroxylation is 1. The summed E-state index contributed by atoms with van der Waals surface area (Å²) in [6.07, 6.45) is 3.08. The molecular formula is C13H16N2O3S. The van der Waals surface area contributed by atoms with E-state index in [2.05, 4.69) is 10.2 Å². The van der Waals surface area contributed by atoms with Crippen molar-refractivity contribution in [3.05, 3.63) is 28.1 Å². The van der Waals surface area contributed by atoms with E-state index in [-0.39, 0.29) is 12.6 Å². The summed E-state index contributed by atoms with van der Waals surface area (Å²) >= 11 is 1.41. The van der Waals surface area contributed by atoms with Gasteiger partial charge in [-0.15, -0.1) is 11.3 Å². The quantitative estimate of drug-likeness (QED) is 0.796. The number of ether oxygens (including phenoxy) is 1. The molecule has 0 amide bonds. The van der Waals surface area contributed by atoms with Crippen LogP contribution in [0, 0.1) is 0 Å². The highest BCUT2D eigenvalue weighted by molar-refractivity contribution is 7.14. The van der Waals surface area contributed by atoms with Gasteiger partial charge in [-0.3, -0.25) is 5.10 Å². The fraction of sp³-hybridized carbons (Fsp3) is 0.385. The highest BCUT2D eigenvalue weighted by atomic mass is 32.1. The predicted octanol–water partition coefficient (Wildman–Crippen LogP) is 2.24. The normalized spacial score (nSPS) is 10.6. The first-order valence-electron chi connectivity index (χ1n) is 6.16. The molecule has 102 valence electrons. The van der Waals surface area contributed by atoms with Gasteiger partial charge in [0.25, 0.3) is 0 Å². The number of aliphatic hydroxyl groups excluding tert-OH is 1. The standard InChI is InChI=1S/C13H16N2O3S/c1-2-18-13(17)12-8-9(10-5-6-14-15-10)11(19-12)4-3-7-16/h5-6,8,16H,2-4,7H2,1H3,(H,14,15). The minimum atomic E-state index is -0.302. The lowest BCUT2D eigenvalue weighted by molar-refractivity contribution is 0.0532. The van der Waals surface area contributed by atoms with E-state index < -0.39 is 0 Å². The van der Waals surface area contributed by atoms with E-state index in [1.54, 1.807) is 13.1 Å². The molecule has 0 saturated carbocycles. The number of rotatable bonds is 6. The number of carbonyl (C=O) groups is 1. The van der Waals surface area contributed by atoms with Crippen LogP contribution in [0.1, 0.15) is 27.9 Å². The van der Waals surface area contributed by atoms with E-state index in [0.717, 1.165) is 22.6 Å². The number of nitrogens with zero attached hydrogens (tertiary/aromatic N) is 1. The van der Waals surface area contributed by atoms with Gasteiger partial charge in [-0.05, 0) is 31.9 Å². The van der Waals surface area contributed by atoms with Gasteiger partial charge in [-0.25, -0.2) is 4.79 Å². The third-order valence-electron chi connectivity index (χ3n) is 2.64. The molecule has 0 fully saturated rings. The van der Waals surface area contributed by atoms with Crippen LogP contribution in [0.2, 0.25) is 0 Å². The fourth-order valence-electron chi connectivity index (χ4n) is 1.79. The van der Waals surface area contributed by atoms with Crippen molar-refractivity contribution in [2.24, 2.45) is 0 Å². The molecular weight excluding hydrogens is 264 g/mol. The van der Waals surface area contributed by atoms with Gasteiger partial charge in [0, 0.05) is 23.2 Å². The number of hydrogen-bond acceptors (Lipinski definition) is 5. The first kappa shape index (κ1) is 13.8. The Labute approximate surface area is 115 Å². The average Bonchev–Trinajstić information content (AvgIpc) is 3.05. The molecule has 2 aromatic heterocycles. The van der Waals surface area contributed by atoms with Crippen LogP contribution < -0.4 is 0 Å². The molecule has 0 aliphatic carbocycles. The van der Waals surface area contributed by atoms with Crippen molar-refractivity contribution >= 4 is 17.3 Å². The monoisotopic (exact) mass is 280 g/mol. The molecule has 2 heterocycles. The van der Waals surface area contributed by atoms with Gasteiger partial charge in [0.2, 0.25) is 0 Å². The second-order valence-corrected chi connectivity index (χ2v) is 5.10. The van der Waals surface area contributed by atoms with E-state index in [4.69, 9.17) is 9.84 Å². The number of nitrogens with one attached hydrogen (secondary N) is 1.